The van der Waals surface area contributed by atoms with Gasteiger partial charge in [0.15, 0.2) is 5.75 Å². The van der Waals surface area contributed by atoms with Gasteiger partial charge in [-0.1, -0.05) is 13.8 Å². The summed E-state index contributed by atoms with van der Waals surface area (Å²) in [6.45, 7) is 5.34. The number of methoxy groups -OCH3 is 2. The van der Waals surface area contributed by atoms with E-state index in [9.17, 15) is 4.79 Å². The molecule has 120 valence electrons. The molecule has 6 heteroatoms. The van der Waals surface area contributed by atoms with Crippen LogP contribution in [0.2, 0.25) is 0 Å². The van der Waals surface area contributed by atoms with Crippen molar-refractivity contribution >= 4 is 5.78 Å². The first-order valence-corrected chi connectivity index (χ1v) is 7.30. The summed E-state index contributed by atoms with van der Waals surface area (Å²) >= 11 is 0. The van der Waals surface area contributed by atoms with E-state index in [0.29, 0.717) is 30.8 Å². The van der Waals surface area contributed by atoms with Crippen molar-refractivity contribution in [2.24, 2.45) is 0 Å². The molecule has 21 heavy (non-hydrogen) atoms. The van der Waals surface area contributed by atoms with Gasteiger partial charge in [0.25, 0.3) is 0 Å². The van der Waals surface area contributed by atoms with Crippen LogP contribution in [-0.4, -0.2) is 60.9 Å². The van der Waals surface area contributed by atoms with Crippen molar-refractivity contribution in [3.05, 3.63) is 11.9 Å². The molecule has 0 N–H and O–H groups in total. The number of carbonyl (C=O) groups is 1. The molecule has 0 spiro atoms. The average Bonchev–Trinajstić information content (AvgIpc) is 2.90. The number of ketones is 1. The zero-order chi connectivity index (χ0) is 16.0. The molecule has 0 aliphatic rings. The SMILES string of the molecule is CCC(CC)(OC)C(=O)c1c(OC)cnn1CCN(C)C. The van der Waals surface area contributed by atoms with E-state index >= 15 is 0 Å². The van der Waals surface area contributed by atoms with Gasteiger partial charge in [0.1, 0.15) is 11.3 Å². The molecule has 1 aromatic rings. The summed E-state index contributed by atoms with van der Waals surface area (Å²) in [5.41, 5.74) is -0.326. The molecule has 0 saturated carbocycles. The number of nitrogens with zero attached hydrogens (tertiary/aromatic N) is 3. The first-order chi connectivity index (χ1) is 9.95. The molecule has 0 fully saturated rings. The van der Waals surface area contributed by atoms with Gasteiger partial charge in [0.05, 0.1) is 19.9 Å². The van der Waals surface area contributed by atoms with Crippen LogP contribution in [0.5, 0.6) is 5.75 Å². The van der Waals surface area contributed by atoms with Gasteiger partial charge >= 0.3 is 0 Å². The Morgan fingerprint density at radius 3 is 2.38 bits per heavy atom. The standard InChI is InChI=1S/C15H27N3O3/c1-7-15(8-2,21-6)14(19)13-12(20-5)11-16-18(13)10-9-17(3)4/h11H,7-10H2,1-6H3. The van der Waals surface area contributed by atoms with Gasteiger partial charge in [-0.15, -0.1) is 0 Å². The summed E-state index contributed by atoms with van der Waals surface area (Å²) in [4.78, 5) is 15.0. The topological polar surface area (TPSA) is 56.6 Å². The predicted octanol–water partition coefficient (Wildman–Crippen LogP) is 1.84. The lowest BCUT2D eigenvalue weighted by molar-refractivity contribution is -0.00368. The highest BCUT2D eigenvalue weighted by Crippen LogP contribution is 2.29. The molecule has 0 aliphatic heterocycles. The minimum atomic E-state index is -0.816. The zero-order valence-electron chi connectivity index (χ0n) is 14.0. The van der Waals surface area contributed by atoms with Crippen molar-refractivity contribution in [3.8, 4) is 5.75 Å². The lowest BCUT2D eigenvalue weighted by Crippen LogP contribution is -2.41. The summed E-state index contributed by atoms with van der Waals surface area (Å²) in [6, 6.07) is 0. The van der Waals surface area contributed by atoms with Crippen LogP contribution in [-0.2, 0) is 11.3 Å². The first-order valence-electron chi connectivity index (χ1n) is 7.30. The van der Waals surface area contributed by atoms with Gasteiger partial charge in [-0.25, -0.2) is 0 Å². The Hall–Kier alpha value is -1.40. The van der Waals surface area contributed by atoms with Gasteiger partial charge < -0.3 is 14.4 Å². The second-order valence-corrected chi connectivity index (χ2v) is 5.32. The number of likely N-dealkylation sites (N-methyl/N-ethyl adjacent to an activating group) is 1. The molecule has 1 rings (SSSR count). The van der Waals surface area contributed by atoms with Crippen molar-refractivity contribution in [1.29, 1.82) is 0 Å². The number of aromatic nitrogens is 2. The van der Waals surface area contributed by atoms with E-state index < -0.39 is 5.60 Å². The van der Waals surface area contributed by atoms with Gasteiger partial charge in [-0.2, -0.15) is 5.10 Å². The van der Waals surface area contributed by atoms with Crippen LogP contribution in [0.1, 0.15) is 37.2 Å². The Bertz CT molecular complexity index is 456. The quantitative estimate of drug-likeness (QED) is 0.651. The summed E-state index contributed by atoms with van der Waals surface area (Å²) in [7, 11) is 7.11. The maximum atomic E-state index is 13.0. The smallest absolute Gasteiger partial charge is 0.216 e. The lowest BCUT2D eigenvalue weighted by atomic mass is 9.89. The Labute approximate surface area is 127 Å². The molecule has 0 atom stereocenters. The number of rotatable bonds is 9. The van der Waals surface area contributed by atoms with Crippen LogP contribution in [0.3, 0.4) is 0 Å². The van der Waals surface area contributed by atoms with E-state index in [-0.39, 0.29) is 5.78 Å². The molecule has 0 aliphatic carbocycles. The Balaban J connectivity index is 3.19. The second-order valence-electron chi connectivity index (χ2n) is 5.32. The van der Waals surface area contributed by atoms with Crippen molar-refractivity contribution in [2.45, 2.75) is 38.8 Å². The molecule has 1 heterocycles. The fourth-order valence-electron chi connectivity index (χ4n) is 2.38. The van der Waals surface area contributed by atoms with Crippen molar-refractivity contribution < 1.29 is 14.3 Å². The Kier molecular flexibility index (Phi) is 6.36. The van der Waals surface area contributed by atoms with E-state index in [0.717, 1.165) is 6.54 Å². The Morgan fingerprint density at radius 2 is 1.95 bits per heavy atom. The fourth-order valence-corrected chi connectivity index (χ4v) is 2.38. The van der Waals surface area contributed by atoms with Gasteiger partial charge in [-0.3, -0.25) is 9.48 Å². The third-order valence-electron chi connectivity index (χ3n) is 3.95. The maximum absolute atomic E-state index is 13.0. The number of hydrogen-bond acceptors (Lipinski definition) is 5. The monoisotopic (exact) mass is 297 g/mol. The molecule has 0 unspecified atom stereocenters. The third kappa shape index (κ3) is 3.63. The second kappa shape index (κ2) is 7.56. The van der Waals surface area contributed by atoms with Crippen LogP contribution in [0.15, 0.2) is 6.20 Å². The summed E-state index contributed by atoms with van der Waals surface area (Å²) < 4.78 is 12.6. The number of carbonyl (C=O) groups excluding carboxylic acids is 1. The van der Waals surface area contributed by atoms with E-state index in [1.807, 2.05) is 32.8 Å². The van der Waals surface area contributed by atoms with Crippen molar-refractivity contribution in [3.63, 3.8) is 0 Å². The number of Topliss-reactive ketones (excluding diaryl/α,β-unsaturated/α-hetero) is 1. The molecule has 1 aromatic heterocycles. The molecule has 6 nitrogen and oxygen atoms in total. The molecule has 0 bridgehead atoms. The van der Waals surface area contributed by atoms with Gasteiger partial charge in [0.2, 0.25) is 5.78 Å². The van der Waals surface area contributed by atoms with Crippen LogP contribution >= 0.6 is 0 Å². The first kappa shape index (κ1) is 17.7. The normalized spacial score (nSPS) is 12.0. The molecule has 0 radical (unpaired) electrons. The summed E-state index contributed by atoms with van der Waals surface area (Å²) in [6.07, 6.45) is 2.82. The Morgan fingerprint density at radius 1 is 1.33 bits per heavy atom. The number of ether oxygens (including phenoxy) is 2. The minimum Gasteiger partial charge on any atom is -0.493 e. The molecule has 0 saturated heterocycles. The maximum Gasteiger partial charge on any atom is 0.216 e. The van der Waals surface area contributed by atoms with Crippen molar-refractivity contribution in [1.82, 2.24) is 14.7 Å². The van der Waals surface area contributed by atoms with Crippen LogP contribution in [0, 0.1) is 0 Å². The van der Waals surface area contributed by atoms with E-state index in [4.69, 9.17) is 9.47 Å². The lowest BCUT2D eigenvalue weighted by Gasteiger charge is -2.28. The molecule has 0 amide bonds. The average molecular weight is 297 g/mol. The van der Waals surface area contributed by atoms with E-state index in [1.165, 1.54) is 0 Å². The van der Waals surface area contributed by atoms with Crippen LogP contribution in [0.25, 0.3) is 0 Å². The predicted molar refractivity (Wildman–Crippen MR) is 82.0 cm³/mol. The minimum absolute atomic E-state index is 0.0666. The fraction of sp³-hybridized carbons (Fsp3) is 0.733. The van der Waals surface area contributed by atoms with Gasteiger partial charge in [0, 0.05) is 13.7 Å². The van der Waals surface area contributed by atoms with Crippen LogP contribution < -0.4 is 4.74 Å². The highest BCUT2D eigenvalue weighted by Gasteiger charge is 2.39. The summed E-state index contributed by atoms with van der Waals surface area (Å²) in [5, 5.41) is 4.29. The highest BCUT2D eigenvalue weighted by molar-refractivity contribution is 6.03. The van der Waals surface area contributed by atoms with Gasteiger partial charge in [-0.05, 0) is 26.9 Å². The number of hydrogen-bond donors (Lipinski definition) is 0. The summed E-state index contributed by atoms with van der Waals surface area (Å²) in [5.74, 6) is 0.435. The van der Waals surface area contributed by atoms with Crippen LogP contribution in [0.4, 0.5) is 0 Å². The van der Waals surface area contributed by atoms with E-state index in [1.54, 1.807) is 25.1 Å². The van der Waals surface area contributed by atoms with E-state index in [2.05, 4.69) is 5.10 Å². The molecular weight excluding hydrogens is 270 g/mol. The molecule has 0 aromatic carbocycles. The largest absolute Gasteiger partial charge is 0.493 e. The van der Waals surface area contributed by atoms with Crippen molar-refractivity contribution in [2.75, 3.05) is 34.9 Å². The molecular formula is C15H27N3O3. The highest BCUT2D eigenvalue weighted by atomic mass is 16.5. The zero-order valence-corrected chi connectivity index (χ0v) is 14.0. The third-order valence-corrected chi connectivity index (χ3v) is 3.95.